The van der Waals surface area contributed by atoms with E-state index in [1.165, 1.54) is 16.9 Å². The molecule has 0 radical (unpaired) electrons. The van der Waals surface area contributed by atoms with Crippen molar-refractivity contribution in [1.82, 2.24) is 0 Å². The molecule has 2 nitrogen and oxygen atoms in total. The predicted molar refractivity (Wildman–Crippen MR) is 78.4 cm³/mol. The highest BCUT2D eigenvalue weighted by molar-refractivity contribution is 9.10. The molecule has 0 fully saturated rings. The molecule has 1 aliphatic heterocycles. The van der Waals surface area contributed by atoms with Crippen molar-refractivity contribution in [3.63, 3.8) is 0 Å². The van der Waals surface area contributed by atoms with E-state index in [-0.39, 0.29) is 11.9 Å². The first kappa shape index (κ1) is 11.9. The van der Waals surface area contributed by atoms with E-state index in [1.807, 2.05) is 34.5 Å². The molecular weight excluding hydrogens is 310 g/mol. The number of fused-ring (bicyclic) bond motifs is 1. The first-order valence-corrected chi connectivity index (χ1v) is 7.50. The molecule has 1 aromatic heterocycles. The van der Waals surface area contributed by atoms with E-state index < -0.39 is 0 Å². The molecule has 18 heavy (non-hydrogen) atoms. The van der Waals surface area contributed by atoms with Gasteiger partial charge in [0, 0.05) is 16.2 Å². The maximum absolute atomic E-state index is 12.6. The molecule has 1 aromatic carbocycles. The lowest BCUT2D eigenvalue weighted by Gasteiger charge is -2.22. The fraction of sp³-hybridized carbons (Fsp3) is 0.214. The van der Waals surface area contributed by atoms with Crippen LogP contribution in [0.4, 0.5) is 5.69 Å². The van der Waals surface area contributed by atoms with Crippen LogP contribution in [0.3, 0.4) is 0 Å². The number of nitrogens with zero attached hydrogens (tertiary/aromatic N) is 1. The van der Waals surface area contributed by atoms with Crippen molar-refractivity contribution < 1.29 is 4.79 Å². The van der Waals surface area contributed by atoms with Gasteiger partial charge in [-0.05, 0) is 52.4 Å². The van der Waals surface area contributed by atoms with Crippen LogP contribution >= 0.6 is 27.3 Å². The third kappa shape index (κ3) is 1.80. The number of carbonyl (C=O) groups is 1. The number of halogens is 1. The van der Waals surface area contributed by atoms with Crippen LogP contribution in [0.2, 0.25) is 0 Å². The van der Waals surface area contributed by atoms with Crippen LogP contribution in [0.1, 0.15) is 22.2 Å². The van der Waals surface area contributed by atoms with Crippen molar-refractivity contribution >= 4 is 38.9 Å². The minimum absolute atomic E-state index is 0.0920. The SMILES string of the molecule is CC1Cc2ccccc2N1C(=O)c1sccc1Br. The molecule has 3 rings (SSSR count). The lowest BCUT2D eigenvalue weighted by molar-refractivity contribution is 0.0984. The van der Waals surface area contributed by atoms with E-state index in [1.54, 1.807) is 0 Å². The van der Waals surface area contributed by atoms with Gasteiger partial charge in [0.2, 0.25) is 0 Å². The van der Waals surface area contributed by atoms with Gasteiger partial charge in [0.25, 0.3) is 5.91 Å². The molecule has 4 heteroatoms. The van der Waals surface area contributed by atoms with Crippen LogP contribution < -0.4 is 4.90 Å². The second-order valence-corrected chi connectivity index (χ2v) is 6.23. The van der Waals surface area contributed by atoms with Gasteiger partial charge in [-0.2, -0.15) is 0 Å². The fourth-order valence-corrected chi connectivity index (χ4v) is 3.91. The van der Waals surface area contributed by atoms with Crippen LogP contribution in [0.5, 0.6) is 0 Å². The number of thiophene rings is 1. The molecule has 1 atom stereocenters. The topological polar surface area (TPSA) is 20.3 Å². The predicted octanol–water partition coefficient (Wildman–Crippen LogP) is 4.10. The molecule has 0 bridgehead atoms. The number of benzene rings is 1. The molecule has 1 unspecified atom stereocenters. The largest absolute Gasteiger partial charge is 0.304 e. The highest BCUT2D eigenvalue weighted by Gasteiger charge is 2.32. The normalized spacial score (nSPS) is 17.9. The number of anilines is 1. The molecule has 2 heterocycles. The summed E-state index contributed by atoms with van der Waals surface area (Å²) in [5.41, 5.74) is 2.31. The second kappa shape index (κ2) is 4.52. The first-order valence-electron chi connectivity index (χ1n) is 5.83. The number of amides is 1. The average molecular weight is 322 g/mol. The lowest BCUT2D eigenvalue weighted by atomic mass is 10.1. The van der Waals surface area contributed by atoms with E-state index in [9.17, 15) is 4.79 Å². The molecule has 92 valence electrons. The van der Waals surface area contributed by atoms with Gasteiger partial charge in [-0.3, -0.25) is 4.79 Å². The van der Waals surface area contributed by atoms with Gasteiger partial charge in [-0.25, -0.2) is 0 Å². The van der Waals surface area contributed by atoms with Crippen LogP contribution in [0.25, 0.3) is 0 Å². The number of carbonyl (C=O) groups excluding carboxylic acids is 1. The van der Waals surface area contributed by atoms with Crippen LogP contribution in [-0.2, 0) is 6.42 Å². The lowest BCUT2D eigenvalue weighted by Crippen LogP contribution is -2.35. The second-order valence-electron chi connectivity index (χ2n) is 4.45. The van der Waals surface area contributed by atoms with Crippen LogP contribution in [0, 0.1) is 0 Å². The molecule has 1 aliphatic rings. The Hall–Kier alpha value is -1.13. The van der Waals surface area contributed by atoms with Gasteiger partial charge in [-0.15, -0.1) is 11.3 Å². The van der Waals surface area contributed by atoms with E-state index >= 15 is 0 Å². The Balaban J connectivity index is 2.03. The number of hydrogen-bond acceptors (Lipinski definition) is 2. The van der Waals surface area contributed by atoms with Gasteiger partial charge >= 0.3 is 0 Å². The Labute approximate surface area is 118 Å². The van der Waals surface area contributed by atoms with E-state index in [0.29, 0.717) is 0 Å². The Kier molecular flexibility index (Phi) is 2.99. The summed E-state index contributed by atoms with van der Waals surface area (Å²) in [7, 11) is 0. The van der Waals surface area contributed by atoms with Crippen molar-refractivity contribution in [2.24, 2.45) is 0 Å². The molecule has 0 N–H and O–H groups in total. The number of para-hydroxylation sites is 1. The van der Waals surface area contributed by atoms with Crippen molar-refractivity contribution in [3.05, 3.63) is 50.6 Å². The third-order valence-electron chi connectivity index (χ3n) is 3.24. The summed E-state index contributed by atoms with van der Waals surface area (Å²) in [6.45, 7) is 2.10. The monoisotopic (exact) mass is 321 g/mol. The summed E-state index contributed by atoms with van der Waals surface area (Å²) >= 11 is 4.92. The van der Waals surface area contributed by atoms with Gasteiger partial charge in [0.15, 0.2) is 0 Å². The Morgan fingerprint density at radius 2 is 2.17 bits per heavy atom. The molecule has 0 aliphatic carbocycles. The molecule has 1 amide bonds. The van der Waals surface area contributed by atoms with Gasteiger partial charge < -0.3 is 4.90 Å². The Morgan fingerprint density at radius 3 is 2.89 bits per heavy atom. The Bertz CT molecular complexity index is 607. The summed E-state index contributed by atoms with van der Waals surface area (Å²) in [5, 5.41) is 1.93. The molecule has 2 aromatic rings. The van der Waals surface area contributed by atoms with Gasteiger partial charge in [0.1, 0.15) is 4.88 Å². The molecule has 0 saturated carbocycles. The smallest absolute Gasteiger partial charge is 0.269 e. The zero-order valence-electron chi connectivity index (χ0n) is 9.89. The van der Waals surface area contributed by atoms with E-state index in [0.717, 1.165) is 21.5 Å². The van der Waals surface area contributed by atoms with Crippen molar-refractivity contribution in [2.75, 3.05) is 4.90 Å². The summed E-state index contributed by atoms with van der Waals surface area (Å²) < 4.78 is 0.883. The maximum Gasteiger partial charge on any atom is 0.269 e. The van der Waals surface area contributed by atoms with Crippen molar-refractivity contribution in [2.45, 2.75) is 19.4 Å². The maximum atomic E-state index is 12.6. The summed E-state index contributed by atoms with van der Waals surface area (Å²) in [6, 6.07) is 10.3. The third-order valence-corrected chi connectivity index (χ3v) is 5.06. The summed E-state index contributed by atoms with van der Waals surface area (Å²) in [6.07, 6.45) is 0.935. The van der Waals surface area contributed by atoms with Crippen molar-refractivity contribution in [3.8, 4) is 0 Å². The summed E-state index contributed by atoms with van der Waals surface area (Å²) in [4.78, 5) is 15.3. The Morgan fingerprint density at radius 1 is 1.39 bits per heavy atom. The van der Waals surface area contributed by atoms with Crippen LogP contribution in [0.15, 0.2) is 40.2 Å². The van der Waals surface area contributed by atoms with Gasteiger partial charge in [0.05, 0.1) is 0 Å². The van der Waals surface area contributed by atoms with Crippen molar-refractivity contribution in [1.29, 1.82) is 0 Å². The zero-order chi connectivity index (χ0) is 12.7. The number of hydrogen-bond donors (Lipinski definition) is 0. The molecular formula is C14H12BrNOS. The zero-order valence-corrected chi connectivity index (χ0v) is 12.3. The molecule has 0 saturated heterocycles. The highest BCUT2D eigenvalue weighted by atomic mass is 79.9. The number of rotatable bonds is 1. The van der Waals surface area contributed by atoms with E-state index in [4.69, 9.17) is 0 Å². The van der Waals surface area contributed by atoms with Crippen LogP contribution in [-0.4, -0.2) is 11.9 Å². The highest BCUT2D eigenvalue weighted by Crippen LogP contribution is 2.35. The average Bonchev–Trinajstić information content (AvgIpc) is 2.91. The minimum Gasteiger partial charge on any atom is -0.304 e. The van der Waals surface area contributed by atoms with Gasteiger partial charge in [-0.1, -0.05) is 18.2 Å². The fourth-order valence-electron chi connectivity index (χ4n) is 2.43. The van der Waals surface area contributed by atoms with E-state index in [2.05, 4.69) is 28.9 Å². The first-order chi connectivity index (χ1) is 8.68. The summed E-state index contributed by atoms with van der Waals surface area (Å²) in [5.74, 6) is 0.0920. The quantitative estimate of drug-likeness (QED) is 0.774. The standard InChI is InChI=1S/C14H12BrNOS/c1-9-8-10-4-2-3-5-12(10)16(9)14(17)13-11(15)6-7-18-13/h2-7,9H,8H2,1H3. The molecule has 0 spiro atoms. The minimum atomic E-state index is 0.0920.